The van der Waals surface area contributed by atoms with Crippen molar-refractivity contribution in [1.29, 1.82) is 0 Å². The van der Waals surface area contributed by atoms with Gasteiger partial charge in [-0.2, -0.15) is 0 Å². The van der Waals surface area contributed by atoms with E-state index in [9.17, 15) is 0 Å². The summed E-state index contributed by atoms with van der Waals surface area (Å²) in [5.74, 6) is 3.04. The van der Waals surface area contributed by atoms with Crippen LogP contribution in [0.3, 0.4) is 0 Å². The monoisotopic (exact) mass is 484 g/mol. The van der Waals surface area contributed by atoms with Gasteiger partial charge in [-0.05, 0) is 18.1 Å². The smallest absolute Gasteiger partial charge is 0.194 e. The van der Waals surface area contributed by atoms with Crippen LogP contribution in [0, 0.1) is 0 Å². The van der Waals surface area contributed by atoms with E-state index in [1.807, 2.05) is 43.4 Å². The molecule has 0 spiro atoms. The first-order valence-corrected chi connectivity index (χ1v) is 9.28. The molecule has 0 amide bonds. The van der Waals surface area contributed by atoms with E-state index in [-0.39, 0.29) is 30.1 Å². The molecular weight excluding hydrogens is 455 g/mol. The molecule has 1 aromatic heterocycles. The molecule has 0 saturated carbocycles. The van der Waals surface area contributed by atoms with Gasteiger partial charge in [0.2, 0.25) is 0 Å². The lowest BCUT2D eigenvalue weighted by atomic mass is 10.1. The molecule has 3 rings (SSSR count). The number of aliphatic imine (C=N–C) groups is 1. The molecule has 1 saturated heterocycles. The number of piperidine rings is 1. The second-order valence-electron chi connectivity index (χ2n) is 6.89. The number of likely N-dealkylation sites (tertiary alicyclic amines) is 1. The minimum Gasteiger partial charge on any atom is -0.490 e. The minimum atomic E-state index is 0. The number of rotatable bonds is 5. The summed E-state index contributed by atoms with van der Waals surface area (Å²) < 4.78 is 11.4. The molecule has 1 aromatic carbocycles. The van der Waals surface area contributed by atoms with Crippen LogP contribution >= 0.6 is 24.0 Å². The quantitative estimate of drug-likeness (QED) is 0.395. The van der Waals surface area contributed by atoms with Gasteiger partial charge in [0.15, 0.2) is 11.7 Å². The summed E-state index contributed by atoms with van der Waals surface area (Å²) >= 11 is 0. The van der Waals surface area contributed by atoms with Crippen LogP contribution in [0.15, 0.2) is 45.9 Å². The summed E-state index contributed by atoms with van der Waals surface area (Å²) in [5, 5.41) is 7.47. The molecule has 1 fully saturated rings. The lowest BCUT2D eigenvalue weighted by Crippen LogP contribution is -2.47. The van der Waals surface area contributed by atoms with E-state index in [0.717, 1.165) is 49.1 Å². The largest absolute Gasteiger partial charge is 0.490 e. The SMILES string of the molecule is CN=C(NCc1cc(C(C)C)no1)N1CCC(Oc2ccccc2)CC1.I. The highest BCUT2D eigenvalue weighted by Gasteiger charge is 2.23. The molecule has 7 heteroatoms. The third-order valence-corrected chi connectivity index (χ3v) is 4.59. The maximum Gasteiger partial charge on any atom is 0.194 e. The molecule has 2 aromatic rings. The number of ether oxygens (including phenoxy) is 1. The van der Waals surface area contributed by atoms with Crippen molar-refractivity contribution in [2.24, 2.45) is 4.99 Å². The second kappa shape index (κ2) is 10.5. The molecule has 1 aliphatic heterocycles. The summed E-state index contributed by atoms with van der Waals surface area (Å²) in [7, 11) is 1.81. The highest BCUT2D eigenvalue weighted by Crippen LogP contribution is 2.19. The number of aromatic nitrogens is 1. The molecule has 0 radical (unpaired) electrons. The second-order valence-corrected chi connectivity index (χ2v) is 6.89. The number of guanidine groups is 1. The van der Waals surface area contributed by atoms with E-state index in [4.69, 9.17) is 9.26 Å². The first kappa shape index (κ1) is 21.5. The van der Waals surface area contributed by atoms with Crippen molar-refractivity contribution in [3.63, 3.8) is 0 Å². The van der Waals surface area contributed by atoms with Gasteiger partial charge in [-0.25, -0.2) is 0 Å². The average Bonchev–Trinajstić information content (AvgIpc) is 3.14. The molecule has 6 nitrogen and oxygen atoms in total. The van der Waals surface area contributed by atoms with Gasteiger partial charge in [0.1, 0.15) is 11.9 Å². The first-order chi connectivity index (χ1) is 12.7. The van der Waals surface area contributed by atoms with E-state index < -0.39 is 0 Å². The predicted octanol–water partition coefficient (Wildman–Crippen LogP) is 4.03. The van der Waals surface area contributed by atoms with Crippen molar-refractivity contribution in [1.82, 2.24) is 15.4 Å². The molecule has 1 aliphatic rings. The number of halogens is 1. The van der Waals surface area contributed by atoms with Crippen LogP contribution in [0.25, 0.3) is 0 Å². The van der Waals surface area contributed by atoms with Gasteiger partial charge in [-0.3, -0.25) is 4.99 Å². The fraction of sp³-hybridized carbons (Fsp3) is 0.500. The third kappa shape index (κ3) is 6.12. The standard InChI is InChI=1S/C20H28N4O2.HI/c1-15(2)19-13-18(26-23-19)14-22-20(21-3)24-11-9-17(10-12-24)25-16-7-5-4-6-8-16;/h4-8,13,15,17H,9-12,14H2,1-3H3,(H,21,22);1H. The van der Waals surface area contributed by atoms with Gasteiger partial charge in [0, 0.05) is 39.0 Å². The Hall–Kier alpha value is -1.77. The number of nitrogens with zero attached hydrogens (tertiary/aromatic N) is 3. The van der Waals surface area contributed by atoms with Gasteiger partial charge in [0.25, 0.3) is 0 Å². The topological polar surface area (TPSA) is 62.9 Å². The minimum absolute atomic E-state index is 0. The Morgan fingerprint density at radius 2 is 2.00 bits per heavy atom. The average molecular weight is 484 g/mol. The Bertz CT molecular complexity index is 710. The molecule has 0 unspecified atom stereocenters. The zero-order valence-corrected chi connectivity index (χ0v) is 18.6. The van der Waals surface area contributed by atoms with Crippen LogP contribution < -0.4 is 10.1 Å². The number of hydrogen-bond donors (Lipinski definition) is 1. The molecule has 0 atom stereocenters. The zero-order chi connectivity index (χ0) is 18.4. The van der Waals surface area contributed by atoms with Crippen molar-refractivity contribution in [3.05, 3.63) is 47.9 Å². The summed E-state index contributed by atoms with van der Waals surface area (Å²) in [4.78, 5) is 6.67. The van der Waals surface area contributed by atoms with Crippen LogP contribution in [0.1, 0.15) is 44.1 Å². The maximum atomic E-state index is 6.06. The fourth-order valence-electron chi connectivity index (χ4n) is 3.06. The highest BCUT2D eigenvalue weighted by molar-refractivity contribution is 14.0. The third-order valence-electron chi connectivity index (χ3n) is 4.59. The fourth-order valence-corrected chi connectivity index (χ4v) is 3.06. The Kier molecular flexibility index (Phi) is 8.40. The number of benzene rings is 1. The summed E-state index contributed by atoms with van der Waals surface area (Å²) in [6.45, 7) is 6.65. The van der Waals surface area contributed by atoms with Gasteiger partial charge in [-0.1, -0.05) is 37.2 Å². The maximum absolute atomic E-state index is 6.06. The number of para-hydroxylation sites is 1. The van der Waals surface area contributed by atoms with E-state index >= 15 is 0 Å². The van der Waals surface area contributed by atoms with Crippen molar-refractivity contribution < 1.29 is 9.26 Å². The van der Waals surface area contributed by atoms with E-state index in [2.05, 4.69) is 34.2 Å². The van der Waals surface area contributed by atoms with Crippen molar-refractivity contribution in [2.45, 2.75) is 45.3 Å². The van der Waals surface area contributed by atoms with Crippen LogP contribution in [0.5, 0.6) is 5.75 Å². The summed E-state index contributed by atoms with van der Waals surface area (Å²) in [6, 6.07) is 12.0. The molecule has 27 heavy (non-hydrogen) atoms. The van der Waals surface area contributed by atoms with E-state index in [1.54, 1.807) is 0 Å². The summed E-state index contributed by atoms with van der Waals surface area (Å²) in [6.07, 6.45) is 2.22. The molecule has 0 bridgehead atoms. The Labute approximate surface area is 178 Å². The zero-order valence-electron chi connectivity index (χ0n) is 16.2. The predicted molar refractivity (Wildman–Crippen MR) is 118 cm³/mol. The van der Waals surface area contributed by atoms with Crippen LogP contribution in [-0.2, 0) is 6.54 Å². The van der Waals surface area contributed by atoms with Crippen LogP contribution in [-0.4, -0.2) is 42.3 Å². The van der Waals surface area contributed by atoms with Crippen molar-refractivity contribution in [2.75, 3.05) is 20.1 Å². The molecule has 2 heterocycles. The molecule has 1 N–H and O–H groups in total. The van der Waals surface area contributed by atoms with Gasteiger partial charge >= 0.3 is 0 Å². The lowest BCUT2D eigenvalue weighted by Gasteiger charge is -2.34. The molecular formula is C20H29IN4O2. The van der Waals surface area contributed by atoms with Crippen LogP contribution in [0.2, 0.25) is 0 Å². The van der Waals surface area contributed by atoms with E-state index in [1.165, 1.54) is 0 Å². The summed E-state index contributed by atoms with van der Waals surface area (Å²) in [5.41, 5.74) is 0.982. The first-order valence-electron chi connectivity index (χ1n) is 9.28. The van der Waals surface area contributed by atoms with E-state index in [0.29, 0.717) is 12.5 Å². The Morgan fingerprint density at radius 1 is 1.30 bits per heavy atom. The molecule has 0 aliphatic carbocycles. The van der Waals surface area contributed by atoms with Crippen molar-refractivity contribution >= 4 is 29.9 Å². The van der Waals surface area contributed by atoms with Gasteiger partial charge < -0.3 is 19.5 Å². The lowest BCUT2D eigenvalue weighted by molar-refractivity contribution is 0.129. The Balaban J connectivity index is 0.00000261. The highest BCUT2D eigenvalue weighted by atomic mass is 127. The van der Waals surface area contributed by atoms with Crippen molar-refractivity contribution in [3.8, 4) is 5.75 Å². The van der Waals surface area contributed by atoms with Crippen LogP contribution in [0.4, 0.5) is 0 Å². The van der Waals surface area contributed by atoms with Gasteiger partial charge in [-0.15, -0.1) is 24.0 Å². The Morgan fingerprint density at radius 3 is 2.59 bits per heavy atom. The van der Waals surface area contributed by atoms with Gasteiger partial charge in [0.05, 0.1) is 12.2 Å². The number of hydrogen-bond acceptors (Lipinski definition) is 4. The molecule has 148 valence electrons. The number of nitrogens with one attached hydrogen (secondary N) is 1. The normalized spacial score (nSPS) is 15.6.